The van der Waals surface area contributed by atoms with Crippen molar-refractivity contribution in [3.63, 3.8) is 0 Å². The number of ether oxygens (including phenoxy) is 1. The van der Waals surface area contributed by atoms with Gasteiger partial charge in [-0.2, -0.15) is 5.10 Å². The minimum absolute atomic E-state index is 0.0949. The van der Waals surface area contributed by atoms with Crippen molar-refractivity contribution in [2.45, 2.75) is 6.61 Å². The molecule has 0 amide bonds. The van der Waals surface area contributed by atoms with Gasteiger partial charge in [0.25, 0.3) is 0 Å². The maximum atomic E-state index is 11.0. The molecule has 2 rings (SSSR count). The molecule has 0 saturated carbocycles. The molecule has 0 atom stereocenters. The van der Waals surface area contributed by atoms with Crippen LogP contribution in [-0.4, -0.2) is 32.8 Å². The Hall–Kier alpha value is -1.95. The lowest BCUT2D eigenvalue weighted by Gasteiger charge is -1.94. The van der Waals surface area contributed by atoms with E-state index in [1.165, 1.54) is 17.8 Å². The summed E-state index contributed by atoms with van der Waals surface area (Å²) in [5, 5.41) is 13.1. The van der Waals surface area contributed by atoms with Gasteiger partial charge in [0, 0.05) is 19.5 Å². The fraction of sp³-hybridized carbons (Fsp3) is 0.222. The number of aromatic nitrogens is 3. The van der Waals surface area contributed by atoms with Gasteiger partial charge in [0.05, 0.1) is 6.61 Å². The molecule has 0 aliphatic carbocycles. The van der Waals surface area contributed by atoms with Crippen molar-refractivity contribution in [2.24, 2.45) is 0 Å². The van der Waals surface area contributed by atoms with Gasteiger partial charge in [0.15, 0.2) is 5.65 Å². The maximum absolute atomic E-state index is 11.0. The van der Waals surface area contributed by atoms with Crippen LogP contribution in [0.25, 0.3) is 5.65 Å². The summed E-state index contributed by atoms with van der Waals surface area (Å²) in [4.78, 5) is 15.0. The number of carbonyl (C=O) groups is 1. The summed E-state index contributed by atoms with van der Waals surface area (Å²) in [7, 11) is 1.49. The number of nitrogens with zero attached hydrogens (tertiary/aromatic N) is 3. The standard InChI is InChI=1S/C9H9N3O3/c1-15-5-6-7(9(13)14)8-10-3-2-4-12(8)11-6/h2-4H,5H2,1H3,(H,13,14). The summed E-state index contributed by atoms with van der Waals surface area (Å²) in [6, 6.07) is 1.68. The monoisotopic (exact) mass is 207 g/mol. The van der Waals surface area contributed by atoms with Gasteiger partial charge in [-0.3, -0.25) is 0 Å². The zero-order chi connectivity index (χ0) is 10.8. The van der Waals surface area contributed by atoms with Crippen LogP contribution in [0.1, 0.15) is 16.1 Å². The lowest BCUT2D eigenvalue weighted by atomic mass is 10.2. The molecule has 2 heterocycles. The first-order valence-electron chi connectivity index (χ1n) is 4.28. The second-order valence-electron chi connectivity index (χ2n) is 2.95. The van der Waals surface area contributed by atoms with Crippen LogP contribution in [0.15, 0.2) is 18.5 Å². The molecule has 2 aromatic heterocycles. The van der Waals surface area contributed by atoms with Crippen LogP contribution in [-0.2, 0) is 11.3 Å². The normalized spacial score (nSPS) is 10.7. The van der Waals surface area contributed by atoms with Gasteiger partial charge >= 0.3 is 5.97 Å². The summed E-state index contributed by atoms with van der Waals surface area (Å²) >= 11 is 0. The topological polar surface area (TPSA) is 76.7 Å². The Morgan fingerprint density at radius 2 is 2.47 bits per heavy atom. The van der Waals surface area contributed by atoms with E-state index >= 15 is 0 Å². The predicted molar refractivity (Wildman–Crippen MR) is 50.7 cm³/mol. The number of carboxylic acids is 1. The van der Waals surface area contributed by atoms with E-state index in [1.807, 2.05) is 0 Å². The molecule has 6 heteroatoms. The summed E-state index contributed by atoms with van der Waals surface area (Å²) in [5.74, 6) is -1.05. The van der Waals surface area contributed by atoms with Crippen molar-refractivity contribution < 1.29 is 14.6 Å². The Labute approximate surface area is 85.1 Å². The highest BCUT2D eigenvalue weighted by atomic mass is 16.5. The van der Waals surface area contributed by atoms with E-state index in [4.69, 9.17) is 9.84 Å². The Kier molecular flexibility index (Phi) is 2.34. The van der Waals surface area contributed by atoms with Crippen LogP contribution in [0.3, 0.4) is 0 Å². The van der Waals surface area contributed by atoms with Crippen molar-refractivity contribution >= 4 is 11.6 Å². The fourth-order valence-corrected chi connectivity index (χ4v) is 1.39. The average molecular weight is 207 g/mol. The SMILES string of the molecule is COCc1nn2cccnc2c1C(=O)O. The second-order valence-corrected chi connectivity index (χ2v) is 2.95. The molecular formula is C9H9N3O3. The third-order valence-electron chi connectivity index (χ3n) is 1.96. The van der Waals surface area contributed by atoms with Gasteiger partial charge in [-0.25, -0.2) is 14.3 Å². The molecule has 0 aromatic carbocycles. The first kappa shape index (κ1) is 9.60. The van der Waals surface area contributed by atoms with Gasteiger partial charge in [0.2, 0.25) is 0 Å². The quantitative estimate of drug-likeness (QED) is 0.796. The van der Waals surface area contributed by atoms with Crippen molar-refractivity contribution in [1.29, 1.82) is 0 Å². The van der Waals surface area contributed by atoms with Crippen LogP contribution in [0, 0.1) is 0 Å². The van der Waals surface area contributed by atoms with Crippen molar-refractivity contribution in [2.75, 3.05) is 7.11 Å². The molecule has 78 valence electrons. The summed E-state index contributed by atoms with van der Waals surface area (Å²) in [5.41, 5.74) is 0.804. The smallest absolute Gasteiger partial charge is 0.341 e. The molecule has 6 nitrogen and oxygen atoms in total. The van der Waals surface area contributed by atoms with Crippen molar-refractivity contribution in [3.05, 3.63) is 29.7 Å². The third-order valence-corrected chi connectivity index (χ3v) is 1.96. The molecular weight excluding hydrogens is 198 g/mol. The van der Waals surface area contributed by atoms with E-state index in [-0.39, 0.29) is 12.2 Å². The lowest BCUT2D eigenvalue weighted by Crippen LogP contribution is -2.02. The predicted octanol–water partition coefficient (Wildman–Crippen LogP) is 0.574. The molecule has 15 heavy (non-hydrogen) atoms. The number of hydrogen-bond donors (Lipinski definition) is 1. The lowest BCUT2D eigenvalue weighted by molar-refractivity contribution is 0.0693. The molecule has 0 aliphatic heterocycles. The fourth-order valence-electron chi connectivity index (χ4n) is 1.39. The number of rotatable bonds is 3. The van der Waals surface area contributed by atoms with Gasteiger partial charge < -0.3 is 9.84 Å². The van der Waals surface area contributed by atoms with Gasteiger partial charge in [-0.05, 0) is 6.07 Å². The number of aromatic carboxylic acids is 1. The highest BCUT2D eigenvalue weighted by Crippen LogP contribution is 2.14. The van der Waals surface area contributed by atoms with Crippen LogP contribution >= 0.6 is 0 Å². The summed E-state index contributed by atoms with van der Waals surface area (Å²) in [6.45, 7) is 0.158. The van der Waals surface area contributed by atoms with E-state index in [9.17, 15) is 4.79 Å². The summed E-state index contributed by atoms with van der Waals surface area (Å²) in [6.07, 6.45) is 3.17. The zero-order valence-electron chi connectivity index (χ0n) is 8.04. The van der Waals surface area contributed by atoms with Crippen molar-refractivity contribution in [1.82, 2.24) is 14.6 Å². The van der Waals surface area contributed by atoms with Crippen LogP contribution in [0.5, 0.6) is 0 Å². The Balaban J connectivity index is 2.69. The van der Waals surface area contributed by atoms with E-state index in [1.54, 1.807) is 12.3 Å². The van der Waals surface area contributed by atoms with Gasteiger partial charge in [-0.1, -0.05) is 0 Å². The molecule has 0 spiro atoms. The van der Waals surface area contributed by atoms with E-state index < -0.39 is 5.97 Å². The molecule has 0 bridgehead atoms. The average Bonchev–Trinajstić information content (AvgIpc) is 2.56. The number of fused-ring (bicyclic) bond motifs is 1. The third kappa shape index (κ3) is 1.55. The van der Waals surface area contributed by atoms with Gasteiger partial charge in [0.1, 0.15) is 11.3 Å². The molecule has 0 fully saturated rings. The van der Waals surface area contributed by atoms with E-state index in [2.05, 4.69) is 10.1 Å². The molecule has 0 aliphatic rings. The molecule has 0 saturated heterocycles. The Morgan fingerprint density at radius 3 is 3.13 bits per heavy atom. The first-order valence-corrected chi connectivity index (χ1v) is 4.28. The Morgan fingerprint density at radius 1 is 1.67 bits per heavy atom. The highest BCUT2D eigenvalue weighted by molar-refractivity contribution is 5.95. The molecule has 0 unspecified atom stereocenters. The number of carboxylic acid groups (broad SMARTS) is 1. The zero-order valence-corrected chi connectivity index (χ0v) is 8.04. The minimum Gasteiger partial charge on any atom is -0.477 e. The number of methoxy groups -OCH3 is 1. The van der Waals surface area contributed by atoms with Crippen LogP contribution in [0.4, 0.5) is 0 Å². The van der Waals surface area contributed by atoms with Crippen LogP contribution in [0.2, 0.25) is 0 Å². The van der Waals surface area contributed by atoms with Crippen molar-refractivity contribution in [3.8, 4) is 0 Å². The number of hydrogen-bond acceptors (Lipinski definition) is 4. The first-order chi connectivity index (χ1) is 7.24. The van der Waals surface area contributed by atoms with E-state index in [0.29, 0.717) is 11.3 Å². The largest absolute Gasteiger partial charge is 0.477 e. The van der Waals surface area contributed by atoms with E-state index in [0.717, 1.165) is 0 Å². The second kappa shape index (κ2) is 3.66. The molecule has 0 radical (unpaired) electrons. The van der Waals surface area contributed by atoms with Gasteiger partial charge in [-0.15, -0.1) is 0 Å². The maximum Gasteiger partial charge on any atom is 0.341 e. The highest BCUT2D eigenvalue weighted by Gasteiger charge is 2.19. The molecule has 2 aromatic rings. The summed E-state index contributed by atoms with van der Waals surface area (Å²) < 4.78 is 6.31. The molecule has 1 N–H and O–H groups in total. The Bertz CT molecular complexity index is 506. The van der Waals surface area contributed by atoms with Crippen LogP contribution < -0.4 is 0 Å². The minimum atomic E-state index is -1.05.